The van der Waals surface area contributed by atoms with Crippen LogP contribution in [0.25, 0.3) is 5.69 Å². The van der Waals surface area contributed by atoms with E-state index >= 15 is 0 Å². The van der Waals surface area contributed by atoms with Crippen LogP contribution in [-0.4, -0.2) is 9.78 Å². The fraction of sp³-hybridized carbons (Fsp3) is 0.182. The van der Waals surface area contributed by atoms with Gasteiger partial charge < -0.3 is 5.73 Å². The molecule has 0 saturated carbocycles. The first kappa shape index (κ1) is 8.81. The van der Waals surface area contributed by atoms with Crippen molar-refractivity contribution in [1.29, 1.82) is 0 Å². The molecule has 0 atom stereocenters. The molecule has 1 heterocycles. The third-order valence-corrected chi connectivity index (χ3v) is 2.17. The van der Waals surface area contributed by atoms with Crippen LogP contribution in [0.2, 0.25) is 0 Å². The van der Waals surface area contributed by atoms with Gasteiger partial charge in [0.1, 0.15) is 0 Å². The second-order valence-corrected chi connectivity index (χ2v) is 3.40. The number of nitrogens with two attached hydrogens (primary N) is 1. The van der Waals surface area contributed by atoms with Gasteiger partial charge in [-0.2, -0.15) is 5.10 Å². The molecule has 3 nitrogen and oxygen atoms in total. The molecule has 1 aromatic heterocycles. The van der Waals surface area contributed by atoms with Crippen molar-refractivity contribution >= 4 is 5.69 Å². The van der Waals surface area contributed by atoms with Crippen molar-refractivity contribution in [2.45, 2.75) is 13.8 Å². The van der Waals surface area contributed by atoms with Crippen LogP contribution in [0.15, 0.2) is 30.3 Å². The summed E-state index contributed by atoms with van der Waals surface area (Å²) in [5.74, 6) is 0. The lowest BCUT2D eigenvalue weighted by Gasteiger charge is -2.06. The third kappa shape index (κ3) is 1.37. The zero-order valence-corrected chi connectivity index (χ0v) is 8.36. The lowest BCUT2D eigenvalue weighted by atomic mass is 10.2. The van der Waals surface area contributed by atoms with Gasteiger partial charge in [0.2, 0.25) is 0 Å². The summed E-state index contributed by atoms with van der Waals surface area (Å²) in [4.78, 5) is 0. The molecule has 3 heteroatoms. The average molecular weight is 187 g/mol. The summed E-state index contributed by atoms with van der Waals surface area (Å²) in [5, 5.41) is 4.38. The molecule has 0 unspecified atom stereocenters. The molecule has 0 aliphatic heterocycles. The van der Waals surface area contributed by atoms with Gasteiger partial charge in [0.05, 0.1) is 17.1 Å². The second kappa shape index (κ2) is 3.18. The zero-order chi connectivity index (χ0) is 10.1. The standard InChI is InChI=1S/C11H13N3/c1-8-7-9(2)14(13-8)11-6-4-3-5-10(11)12/h3-7H,12H2,1-2H3. The van der Waals surface area contributed by atoms with Gasteiger partial charge in [-0.1, -0.05) is 12.1 Å². The van der Waals surface area contributed by atoms with Gasteiger partial charge in [-0.3, -0.25) is 0 Å². The molecule has 0 amide bonds. The van der Waals surface area contributed by atoms with Gasteiger partial charge in [-0.05, 0) is 32.0 Å². The fourth-order valence-corrected chi connectivity index (χ4v) is 1.55. The number of nitrogens with zero attached hydrogens (tertiary/aromatic N) is 2. The maximum atomic E-state index is 5.87. The second-order valence-electron chi connectivity index (χ2n) is 3.40. The van der Waals surface area contributed by atoms with Crippen LogP contribution >= 0.6 is 0 Å². The van der Waals surface area contributed by atoms with E-state index in [-0.39, 0.29) is 0 Å². The highest BCUT2D eigenvalue weighted by Crippen LogP contribution is 2.17. The van der Waals surface area contributed by atoms with Gasteiger partial charge in [-0.15, -0.1) is 0 Å². The number of para-hydroxylation sites is 2. The Kier molecular flexibility index (Phi) is 2.00. The van der Waals surface area contributed by atoms with Crippen LogP contribution in [0.5, 0.6) is 0 Å². The number of anilines is 1. The van der Waals surface area contributed by atoms with Crippen LogP contribution in [0.4, 0.5) is 5.69 Å². The third-order valence-electron chi connectivity index (χ3n) is 2.17. The number of hydrogen-bond acceptors (Lipinski definition) is 2. The smallest absolute Gasteiger partial charge is 0.0877 e. The predicted octanol–water partition coefficient (Wildman–Crippen LogP) is 2.07. The molecule has 2 N–H and O–H groups in total. The number of aryl methyl sites for hydroxylation is 2. The van der Waals surface area contributed by atoms with Crippen molar-refractivity contribution in [1.82, 2.24) is 9.78 Å². The molecule has 0 aliphatic rings. The average Bonchev–Trinajstić information content (AvgIpc) is 2.46. The lowest BCUT2D eigenvalue weighted by Crippen LogP contribution is -2.02. The maximum absolute atomic E-state index is 5.87. The first-order valence-corrected chi connectivity index (χ1v) is 4.56. The number of nitrogen functional groups attached to an aromatic ring is 1. The molecule has 14 heavy (non-hydrogen) atoms. The Labute approximate surface area is 83.2 Å². The monoisotopic (exact) mass is 187 g/mol. The normalized spacial score (nSPS) is 10.4. The van der Waals surface area contributed by atoms with E-state index in [1.807, 2.05) is 48.9 Å². The molecule has 0 radical (unpaired) electrons. The molecule has 0 fully saturated rings. The van der Waals surface area contributed by atoms with E-state index in [0.717, 1.165) is 22.8 Å². The number of aromatic nitrogens is 2. The Balaban J connectivity index is 2.60. The van der Waals surface area contributed by atoms with Gasteiger partial charge >= 0.3 is 0 Å². The fourth-order valence-electron chi connectivity index (χ4n) is 1.55. The van der Waals surface area contributed by atoms with Gasteiger partial charge in [0.15, 0.2) is 0 Å². The Bertz CT molecular complexity index is 457. The van der Waals surface area contributed by atoms with E-state index in [2.05, 4.69) is 5.10 Å². The quantitative estimate of drug-likeness (QED) is 0.694. The van der Waals surface area contributed by atoms with Crippen molar-refractivity contribution < 1.29 is 0 Å². The Morgan fingerprint density at radius 3 is 2.50 bits per heavy atom. The topological polar surface area (TPSA) is 43.8 Å². The van der Waals surface area contributed by atoms with Gasteiger partial charge in [-0.25, -0.2) is 4.68 Å². The molecule has 0 spiro atoms. The van der Waals surface area contributed by atoms with E-state index in [0.29, 0.717) is 0 Å². The first-order valence-electron chi connectivity index (χ1n) is 4.56. The summed E-state index contributed by atoms with van der Waals surface area (Å²) < 4.78 is 1.87. The summed E-state index contributed by atoms with van der Waals surface area (Å²) in [7, 11) is 0. The number of hydrogen-bond donors (Lipinski definition) is 1. The summed E-state index contributed by atoms with van der Waals surface area (Å²) in [6, 6.07) is 9.76. The van der Waals surface area contributed by atoms with Crippen molar-refractivity contribution in [3.05, 3.63) is 41.7 Å². The highest BCUT2D eigenvalue weighted by molar-refractivity contribution is 5.57. The molecule has 1 aromatic carbocycles. The highest BCUT2D eigenvalue weighted by atomic mass is 15.3. The Morgan fingerprint density at radius 1 is 1.21 bits per heavy atom. The van der Waals surface area contributed by atoms with Crippen molar-refractivity contribution in [3.8, 4) is 5.69 Å². The minimum Gasteiger partial charge on any atom is -0.397 e. The van der Waals surface area contributed by atoms with Crippen LogP contribution < -0.4 is 5.73 Å². The summed E-state index contributed by atoms with van der Waals surface area (Å²) in [6.07, 6.45) is 0. The first-order chi connectivity index (χ1) is 6.68. The minimum atomic E-state index is 0.749. The molecular weight excluding hydrogens is 174 g/mol. The number of rotatable bonds is 1. The maximum Gasteiger partial charge on any atom is 0.0877 e. The van der Waals surface area contributed by atoms with Crippen molar-refractivity contribution in [2.24, 2.45) is 0 Å². The van der Waals surface area contributed by atoms with Gasteiger partial charge in [0.25, 0.3) is 0 Å². The van der Waals surface area contributed by atoms with E-state index in [1.165, 1.54) is 0 Å². The van der Waals surface area contributed by atoms with Crippen molar-refractivity contribution in [3.63, 3.8) is 0 Å². The molecule has 0 bridgehead atoms. The molecule has 0 aliphatic carbocycles. The van der Waals surface area contributed by atoms with E-state index in [4.69, 9.17) is 5.73 Å². The molecule has 2 rings (SSSR count). The SMILES string of the molecule is Cc1cc(C)n(-c2ccccc2N)n1. The molecular formula is C11H13N3. The van der Waals surface area contributed by atoms with Crippen LogP contribution in [0.1, 0.15) is 11.4 Å². The highest BCUT2D eigenvalue weighted by Gasteiger charge is 2.05. The summed E-state index contributed by atoms with van der Waals surface area (Å²) >= 11 is 0. The van der Waals surface area contributed by atoms with Crippen molar-refractivity contribution in [2.75, 3.05) is 5.73 Å². The minimum absolute atomic E-state index is 0.749. The van der Waals surface area contributed by atoms with Crippen LogP contribution in [0, 0.1) is 13.8 Å². The van der Waals surface area contributed by atoms with Gasteiger partial charge in [0, 0.05) is 5.69 Å². The van der Waals surface area contributed by atoms with E-state index in [1.54, 1.807) is 0 Å². The van der Waals surface area contributed by atoms with Crippen LogP contribution in [-0.2, 0) is 0 Å². The molecule has 72 valence electrons. The number of benzene rings is 1. The largest absolute Gasteiger partial charge is 0.397 e. The lowest BCUT2D eigenvalue weighted by molar-refractivity contribution is 0.836. The predicted molar refractivity (Wildman–Crippen MR) is 57.5 cm³/mol. The Morgan fingerprint density at radius 2 is 1.93 bits per heavy atom. The summed E-state index contributed by atoms with van der Waals surface area (Å²) in [5.41, 5.74) is 9.66. The summed E-state index contributed by atoms with van der Waals surface area (Å²) in [6.45, 7) is 4.00. The molecule has 0 saturated heterocycles. The zero-order valence-electron chi connectivity index (χ0n) is 8.36. The van der Waals surface area contributed by atoms with Crippen LogP contribution in [0.3, 0.4) is 0 Å². The molecule has 2 aromatic rings. The van der Waals surface area contributed by atoms with E-state index in [9.17, 15) is 0 Å². The van der Waals surface area contributed by atoms with E-state index < -0.39 is 0 Å². The Hall–Kier alpha value is -1.77.